The van der Waals surface area contributed by atoms with Gasteiger partial charge in [0.2, 0.25) is 5.91 Å². The second kappa shape index (κ2) is 7.98. The summed E-state index contributed by atoms with van der Waals surface area (Å²) in [5, 5.41) is 10.3. The Morgan fingerprint density at radius 2 is 2.04 bits per heavy atom. The molecule has 3 unspecified atom stereocenters. The molecule has 3 atom stereocenters. The summed E-state index contributed by atoms with van der Waals surface area (Å²) in [6.45, 7) is 15.6. The van der Waals surface area contributed by atoms with Gasteiger partial charge in [-0.3, -0.25) is 9.69 Å². The van der Waals surface area contributed by atoms with Crippen molar-refractivity contribution in [2.45, 2.75) is 65.2 Å². The van der Waals surface area contributed by atoms with E-state index in [0.29, 0.717) is 19.7 Å². The molecule has 2 aliphatic rings. The maximum Gasteiger partial charge on any atom is 0.239 e. The van der Waals surface area contributed by atoms with Crippen LogP contribution >= 0.6 is 0 Å². The third-order valence-electron chi connectivity index (χ3n) is 5.90. The molecule has 1 amide bonds. The van der Waals surface area contributed by atoms with Crippen LogP contribution in [-0.2, 0) is 9.53 Å². The molecule has 1 aliphatic carbocycles. The van der Waals surface area contributed by atoms with E-state index < -0.39 is 0 Å². The summed E-state index contributed by atoms with van der Waals surface area (Å²) in [7, 11) is 0. The van der Waals surface area contributed by atoms with Crippen molar-refractivity contribution in [1.82, 2.24) is 9.80 Å². The Labute approximate surface area is 146 Å². The Bertz CT molecular complexity index is 456. The molecular weight excluding hydrogens is 304 g/mol. The van der Waals surface area contributed by atoms with Gasteiger partial charge in [-0.2, -0.15) is 0 Å². The number of hydrogen-bond acceptors (Lipinski definition) is 4. The van der Waals surface area contributed by atoms with Gasteiger partial charge in [-0.25, -0.2) is 0 Å². The molecule has 2 rings (SSSR count). The summed E-state index contributed by atoms with van der Waals surface area (Å²) < 4.78 is 5.82. The van der Waals surface area contributed by atoms with Gasteiger partial charge < -0.3 is 14.7 Å². The molecule has 1 saturated carbocycles. The maximum absolute atomic E-state index is 12.8. The van der Waals surface area contributed by atoms with E-state index in [9.17, 15) is 9.90 Å². The van der Waals surface area contributed by atoms with Crippen LogP contribution < -0.4 is 0 Å². The molecule has 0 aromatic rings. The number of rotatable bonds is 7. The SMILES string of the molecule is C=C(C)CN(CC)C(=O)C(C)N1CCC2(CC1)C(O)CC2OCC. The van der Waals surface area contributed by atoms with Gasteiger partial charge >= 0.3 is 0 Å². The summed E-state index contributed by atoms with van der Waals surface area (Å²) in [5.41, 5.74) is 0.921. The normalized spacial score (nSPS) is 27.5. The van der Waals surface area contributed by atoms with Crippen molar-refractivity contribution in [3.05, 3.63) is 12.2 Å². The Balaban J connectivity index is 1.93. The standard InChI is InChI=1S/C19H34N2O3/c1-6-20(13-14(3)4)18(23)15(5)21-10-8-19(9-11-21)16(22)12-17(19)24-7-2/h15-17,22H,3,6-13H2,1-2,4-5H3. The van der Waals surface area contributed by atoms with Crippen molar-refractivity contribution >= 4 is 5.91 Å². The maximum atomic E-state index is 12.8. The predicted octanol–water partition coefficient (Wildman–Crippen LogP) is 2.05. The third kappa shape index (κ3) is 3.68. The lowest BCUT2D eigenvalue weighted by atomic mass is 9.58. The minimum atomic E-state index is -0.252. The van der Waals surface area contributed by atoms with E-state index in [0.717, 1.165) is 37.9 Å². The first-order chi connectivity index (χ1) is 11.4. The highest BCUT2D eigenvalue weighted by Crippen LogP contribution is 2.51. The molecule has 1 saturated heterocycles. The number of piperidine rings is 1. The average Bonchev–Trinajstić information content (AvgIpc) is 2.58. The highest BCUT2D eigenvalue weighted by Gasteiger charge is 2.56. The lowest BCUT2D eigenvalue weighted by Gasteiger charge is -2.57. The van der Waals surface area contributed by atoms with Crippen molar-refractivity contribution in [2.75, 3.05) is 32.8 Å². The van der Waals surface area contributed by atoms with Gasteiger partial charge in [0.1, 0.15) is 0 Å². The largest absolute Gasteiger partial charge is 0.392 e. The summed E-state index contributed by atoms with van der Waals surface area (Å²) in [6, 6.07) is -0.121. The minimum absolute atomic E-state index is 0.0859. The first kappa shape index (κ1) is 19.4. The van der Waals surface area contributed by atoms with Gasteiger partial charge in [0, 0.05) is 31.5 Å². The van der Waals surface area contributed by atoms with Crippen LogP contribution in [0.1, 0.15) is 47.0 Å². The Hall–Kier alpha value is -0.910. The van der Waals surface area contributed by atoms with Gasteiger partial charge in [-0.05, 0) is 53.6 Å². The van der Waals surface area contributed by atoms with Crippen LogP contribution in [0, 0.1) is 5.41 Å². The number of carbonyl (C=O) groups excluding carboxylic acids is 1. The second-order valence-corrected chi connectivity index (χ2v) is 7.45. The number of aliphatic hydroxyl groups excluding tert-OH is 1. The molecule has 1 heterocycles. The van der Waals surface area contributed by atoms with Crippen LogP contribution in [0.15, 0.2) is 12.2 Å². The van der Waals surface area contributed by atoms with Crippen LogP contribution in [-0.4, -0.2) is 71.8 Å². The number of nitrogens with zero attached hydrogens (tertiary/aromatic N) is 2. The van der Waals surface area contributed by atoms with E-state index in [2.05, 4.69) is 11.5 Å². The molecule has 5 heteroatoms. The van der Waals surface area contributed by atoms with E-state index in [1.807, 2.05) is 32.6 Å². The molecule has 0 aromatic heterocycles. The van der Waals surface area contributed by atoms with E-state index in [1.165, 1.54) is 0 Å². The fourth-order valence-electron chi connectivity index (χ4n) is 4.24. The number of amides is 1. The monoisotopic (exact) mass is 338 g/mol. The van der Waals surface area contributed by atoms with Crippen LogP contribution in [0.5, 0.6) is 0 Å². The first-order valence-corrected chi connectivity index (χ1v) is 9.32. The summed E-state index contributed by atoms with van der Waals surface area (Å²) in [6.07, 6.45) is 2.50. The number of hydrogen-bond donors (Lipinski definition) is 1. The van der Waals surface area contributed by atoms with E-state index in [-0.39, 0.29) is 29.6 Å². The van der Waals surface area contributed by atoms with E-state index >= 15 is 0 Å². The van der Waals surface area contributed by atoms with Crippen LogP contribution in [0.25, 0.3) is 0 Å². The summed E-state index contributed by atoms with van der Waals surface area (Å²) in [4.78, 5) is 16.9. The average molecular weight is 338 g/mol. The van der Waals surface area contributed by atoms with E-state index in [4.69, 9.17) is 4.74 Å². The molecule has 1 N–H and O–H groups in total. The zero-order valence-corrected chi connectivity index (χ0v) is 15.8. The topological polar surface area (TPSA) is 53.0 Å². The van der Waals surface area contributed by atoms with Crippen molar-refractivity contribution in [3.63, 3.8) is 0 Å². The molecule has 1 aliphatic heterocycles. The highest BCUT2D eigenvalue weighted by atomic mass is 16.5. The molecule has 2 fully saturated rings. The quantitative estimate of drug-likeness (QED) is 0.722. The molecule has 1 spiro atoms. The van der Waals surface area contributed by atoms with Crippen molar-refractivity contribution in [1.29, 1.82) is 0 Å². The molecule has 24 heavy (non-hydrogen) atoms. The van der Waals surface area contributed by atoms with Crippen molar-refractivity contribution in [3.8, 4) is 0 Å². The fraction of sp³-hybridized carbons (Fsp3) is 0.842. The first-order valence-electron chi connectivity index (χ1n) is 9.32. The zero-order valence-electron chi connectivity index (χ0n) is 15.8. The van der Waals surface area contributed by atoms with Gasteiger partial charge in [-0.1, -0.05) is 12.2 Å². The summed E-state index contributed by atoms with van der Waals surface area (Å²) >= 11 is 0. The number of likely N-dealkylation sites (N-methyl/N-ethyl adjacent to an activating group) is 1. The van der Waals surface area contributed by atoms with Gasteiger partial charge in [0.05, 0.1) is 18.2 Å². The second-order valence-electron chi connectivity index (χ2n) is 7.45. The van der Waals surface area contributed by atoms with Gasteiger partial charge in [0.15, 0.2) is 0 Å². The van der Waals surface area contributed by atoms with Crippen molar-refractivity contribution < 1.29 is 14.6 Å². The predicted molar refractivity (Wildman–Crippen MR) is 95.8 cm³/mol. The molecule has 0 bridgehead atoms. The summed E-state index contributed by atoms with van der Waals surface area (Å²) in [5.74, 6) is 0.173. The Morgan fingerprint density at radius 1 is 1.42 bits per heavy atom. The molecule has 138 valence electrons. The number of carbonyl (C=O) groups is 1. The molecule has 0 radical (unpaired) electrons. The van der Waals surface area contributed by atoms with E-state index in [1.54, 1.807) is 0 Å². The lowest BCUT2D eigenvalue weighted by molar-refractivity contribution is -0.211. The number of aliphatic hydroxyl groups is 1. The number of ether oxygens (including phenoxy) is 1. The minimum Gasteiger partial charge on any atom is -0.392 e. The Morgan fingerprint density at radius 3 is 2.50 bits per heavy atom. The lowest BCUT2D eigenvalue weighted by Crippen LogP contribution is -2.63. The molecule has 0 aromatic carbocycles. The molecular formula is C19H34N2O3. The smallest absolute Gasteiger partial charge is 0.239 e. The Kier molecular flexibility index (Phi) is 6.46. The number of likely N-dealkylation sites (tertiary alicyclic amines) is 1. The highest BCUT2D eigenvalue weighted by molar-refractivity contribution is 5.81. The fourth-order valence-corrected chi connectivity index (χ4v) is 4.24. The van der Waals surface area contributed by atoms with Crippen LogP contribution in [0.2, 0.25) is 0 Å². The third-order valence-corrected chi connectivity index (χ3v) is 5.90. The van der Waals surface area contributed by atoms with Crippen LogP contribution in [0.3, 0.4) is 0 Å². The van der Waals surface area contributed by atoms with Gasteiger partial charge in [0.25, 0.3) is 0 Å². The van der Waals surface area contributed by atoms with Gasteiger partial charge in [-0.15, -0.1) is 0 Å². The molecule has 5 nitrogen and oxygen atoms in total. The van der Waals surface area contributed by atoms with Crippen molar-refractivity contribution in [2.24, 2.45) is 5.41 Å². The van der Waals surface area contributed by atoms with Crippen LogP contribution in [0.4, 0.5) is 0 Å². The zero-order chi connectivity index (χ0) is 17.9.